The fourth-order valence-corrected chi connectivity index (χ4v) is 5.02. The van der Waals surface area contributed by atoms with Gasteiger partial charge in [-0.05, 0) is 68.4 Å². The van der Waals surface area contributed by atoms with Gasteiger partial charge in [-0.3, -0.25) is 0 Å². The summed E-state index contributed by atoms with van der Waals surface area (Å²) in [7, 11) is 0. The van der Waals surface area contributed by atoms with Crippen molar-refractivity contribution in [1.82, 2.24) is 24.4 Å². The Morgan fingerprint density at radius 1 is 1.00 bits per heavy atom. The lowest BCUT2D eigenvalue weighted by molar-refractivity contribution is 0.560. The first-order valence-corrected chi connectivity index (χ1v) is 11.5. The first-order valence-electron chi connectivity index (χ1n) is 11.5. The van der Waals surface area contributed by atoms with Gasteiger partial charge in [0, 0.05) is 30.1 Å². The van der Waals surface area contributed by atoms with Gasteiger partial charge in [0.1, 0.15) is 23.1 Å². The van der Waals surface area contributed by atoms with Crippen LogP contribution in [0.15, 0.2) is 55.1 Å². The summed E-state index contributed by atoms with van der Waals surface area (Å²) in [4.78, 5) is 6.93. The average Bonchev–Trinajstić information content (AvgIpc) is 3.60. The van der Waals surface area contributed by atoms with Crippen molar-refractivity contribution in [3.63, 3.8) is 0 Å². The third-order valence-corrected chi connectivity index (χ3v) is 6.69. The standard InChI is InChI=1S/C25H24F2N6/c26-19-8-9-21(27)20(13-19)22-7-4-11-31(22)24-10-12-32-25(30-24)23(15-29-32)33-16-18(14-28-33)17-5-2-1-3-6-17/h5,8-10,12-16,22H,1-4,6-7,11H2/t22-/m0/s1. The van der Waals surface area contributed by atoms with Crippen LogP contribution in [0.25, 0.3) is 16.9 Å². The topological polar surface area (TPSA) is 51.2 Å². The van der Waals surface area contributed by atoms with Gasteiger partial charge in [-0.15, -0.1) is 0 Å². The normalized spacial score (nSPS) is 18.8. The molecule has 0 radical (unpaired) electrons. The van der Waals surface area contributed by atoms with Crippen molar-refractivity contribution < 1.29 is 8.78 Å². The largest absolute Gasteiger partial charge is 0.349 e. The fraction of sp³-hybridized carbons (Fsp3) is 0.320. The summed E-state index contributed by atoms with van der Waals surface area (Å²) in [5, 5.41) is 9.01. The number of rotatable bonds is 4. The molecule has 4 aromatic rings. The summed E-state index contributed by atoms with van der Waals surface area (Å²) in [6.07, 6.45) is 16.1. The second-order valence-corrected chi connectivity index (χ2v) is 8.75. The quantitative estimate of drug-likeness (QED) is 0.416. The maximum Gasteiger partial charge on any atom is 0.183 e. The van der Waals surface area contributed by atoms with Crippen LogP contribution in [0, 0.1) is 11.6 Å². The van der Waals surface area contributed by atoms with Crippen molar-refractivity contribution in [3.05, 3.63) is 77.9 Å². The Kier molecular flexibility index (Phi) is 4.93. The Hall–Kier alpha value is -3.55. The van der Waals surface area contributed by atoms with Gasteiger partial charge in [-0.2, -0.15) is 10.2 Å². The third-order valence-electron chi connectivity index (χ3n) is 6.69. The zero-order chi connectivity index (χ0) is 22.4. The van der Waals surface area contributed by atoms with Gasteiger partial charge in [0.05, 0.1) is 18.4 Å². The molecular formula is C25H24F2N6. The fourth-order valence-electron chi connectivity index (χ4n) is 5.02. The Morgan fingerprint density at radius 3 is 2.82 bits per heavy atom. The molecule has 8 heteroatoms. The van der Waals surface area contributed by atoms with Gasteiger partial charge >= 0.3 is 0 Å². The molecule has 33 heavy (non-hydrogen) atoms. The maximum atomic E-state index is 14.5. The molecule has 0 spiro atoms. The molecule has 2 aliphatic rings. The van der Waals surface area contributed by atoms with Gasteiger partial charge in [0.2, 0.25) is 0 Å². The minimum atomic E-state index is -0.428. The molecule has 1 saturated heterocycles. The molecule has 0 saturated carbocycles. The summed E-state index contributed by atoms with van der Waals surface area (Å²) in [6, 6.07) is 5.27. The minimum absolute atomic E-state index is 0.253. The van der Waals surface area contributed by atoms with Crippen LogP contribution >= 0.6 is 0 Å². The van der Waals surface area contributed by atoms with Crippen LogP contribution in [0.4, 0.5) is 14.6 Å². The predicted octanol–water partition coefficient (Wildman–Crippen LogP) is 5.49. The smallest absolute Gasteiger partial charge is 0.183 e. The van der Waals surface area contributed by atoms with Crippen molar-refractivity contribution >= 4 is 17.0 Å². The maximum absolute atomic E-state index is 14.5. The summed E-state index contributed by atoms with van der Waals surface area (Å²) in [5.74, 6) is -0.0967. The van der Waals surface area contributed by atoms with E-state index < -0.39 is 5.82 Å². The van der Waals surface area contributed by atoms with Gasteiger partial charge in [-0.25, -0.2) is 23.0 Å². The van der Waals surface area contributed by atoms with Crippen molar-refractivity contribution in [1.29, 1.82) is 0 Å². The molecule has 0 bridgehead atoms. The van der Waals surface area contributed by atoms with E-state index in [1.807, 2.05) is 29.3 Å². The zero-order valence-corrected chi connectivity index (χ0v) is 18.2. The second-order valence-electron chi connectivity index (χ2n) is 8.75. The molecule has 168 valence electrons. The molecule has 3 aromatic heterocycles. The van der Waals surface area contributed by atoms with Crippen LogP contribution in [0.3, 0.4) is 0 Å². The van der Waals surface area contributed by atoms with E-state index in [0.717, 1.165) is 55.4 Å². The lowest BCUT2D eigenvalue weighted by Crippen LogP contribution is -2.24. The predicted molar refractivity (Wildman–Crippen MR) is 122 cm³/mol. The molecule has 1 atom stereocenters. The zero-order valence-electron chi connectivity index (χ0n) is 18.2. The number of halogens is 2. The van der Waals surface area contributed by atoms with E-state index in [1.165, 1.54) is 30.5 Å². The van der Waals surface area contributed by atoms with Gasteiger partial charge < -0.3 is 4.90 Å². The van der Waals surface area contributed by atoms with Gasteiger partial charge in [0.15, 0.2) is 5.65 Å². The third kappa shape index (κ3) is 3.59. The van der Waals surface area contributed by atoms with E-state index in [2.05, 4.69) is 21.2 Å². The first-order chi connectivity index (χ1) is 16.2. The molecule has 0 N–H and O–H groups in total. The Morgan fingerprint density at radius 2 is 1.94 bits per heavy atom. The van der Waals surface area contributed by atoms with Crippen LogP contribution < -0.4 is 4.90 Å². The van der Waals surface area contributed by atoms with E-state index >= 15 is 0 Å². The van der Waals surface area contributed by atoms with E-state index in [-0.39, 0.29) is 11.9 Å². The molecule has 4 heterocycles. The Labute approximate surface area is 190 Å². The number of allylic oxidation sites excluding steroid dienone is 2. The van der Waals surface area contributed by atoms with E-state index in [9.17, 15) is 8.78 Å². The highest BCUT2D eigenvalue weighted by Gasteiger charge is 2.30. The number of hydrogen-bond acceptors (Lipinski definition) is 4. The van der Waals surface area contributed by atoms with Crippen LogP contribution in [0.1, 0.15) is 55.7 Å². The molecule has 6 nitrogen and oxygen atoms in total. The molecule has 0 unspecified atom stereocenters. The summed E-state index contributed by atoms with van der Waals surface area (Å²) >= 11 is 0. The highest BCUT2D eigenvalue weighted by molar-refractivity contribution is 5.67. The van der Waals surface area contributed by atoms with E-state index in [4.69, 9.17) is 4.98 Å². The molecule has 1 aliphatic carbocycles. The Bertz CT molecular complexity index is 1350. The monoisotopic (exact) mass is 446 g/mol. The highest BCUT2D eigenvalue weighted by Crippen LogP contribution is 2.37. The lowest BCUT2D eigenvalue weighted by Gasteiger charge is -2.26. The van der Waals surface area contributed by atoms with Crippen molar-refractivity contribution in [3.8, 4) is 5.69 Å². The van der Waals surface area contributed by atoms with Crippen LogP contribution in [-0.2, 0) is 0 Å². The lowest BCUT2D eigenvalue weighted by atomic mass is 9.96. The van der Waals surface area contributed by atoms with Crippen LogP contribution in [0.2, 0.25) is 0 Å². The van der Waals surface area contributed by atoms with Crippen LogP contribution in [0.5, 0.6) is 0 Å². The highest BCUT2D eigenvalue weighted by atomic mass is 19.1. The summed E-state index contributed by atoms with van der Waals surface area (Å²) in [5.41, 5.74) is 4.30. The average molecular weight is 447 g/mol. The molecule has 6 rings (SSSR count). The number of hydrogen-bond donors (Lipinski definition) is 0. The molecule has 0 amide bonds. The van der Waals surface area contributed by atoms with Gasteiger partial charge in [-0.1, -0.05) is 6.08 Å². The van der Waals surface area contributed by atoms with Crippen molar-refractivity contribution in [2.24, 2.45) is 0 Å². The van der Waals surface area contributed by atoms with Crippen molar-refractivity contribution in [2.45, 2.75) is 44.6 Å². The van der Waals surface area contributed by atoms with E-state index in [0.29, 0.717) is 11.2 Å². The van der Waals surface area contributed by atoms with E-state index in [1.54, 1.807) is 10.7 Å². The molecule has 1 aliphatic heterocycles. The van der Waals surface area contributed by atoms with Crippen molar-refractivity contribution in [2.75, 3.05) is 11.4 Å². The SMILES string of the molecule is Fc1ccc(F)c([C@@H]2CCCN2c2ccn3ncc(-n4cc(C5=CCCCC5)cn4)c3n2)c1. The number of nitrogens with zero attached hydrogens (tertiary/aromatic N) is 6. The van der Waals surface area contributed by atoms with Gasteiger partial charge in [0.25, 0.3) is 0 Å². The number of anilines is 1. The number of aromatic nitrogens is 5. The Balaban J connectivity index is 1.36. The summed E-state index contributed by atoms with van der Waals surface area (Å²) in [6.45, 7) is 0.730. The van der Waals surface area contributed by atoms with Crippen LogP contribution in [-0.4, -0.2) is 30.9 Å². The number of fused-ring (bicyclic) bond motifs is 1. The molecule has 1 aromatic carbocycles. The summed E-state index contributed by atoms with van der Waals surface area (Å²) < 4.78 is 31.9. The molecular weight excluding hydrogens is 422 g/mol. The second kappa shape index (κ2) is 8.10. The number of benzene rings is 1. The first kappa shape index (κ1) is 20.1. The molecule has 1 fully saturated rings. The minimum Gasteiger partial charge on any atom is -0.349 e.